The molecule has 3 rings (SSSR count). The molecule has 1 aromatic rings. The van der Waals surface area contributed by atoms with E-state index >= 15 is 0 Å². The van der Waals surface area contributed by atoms with Gasteiger partial charge in [-0.2, -0.15) is 0 Å². The van der Waals surface area contributed by atoms with E-state index in [0.29, 0.717) is 12.0 Å². The topological polar surface area (TPSA) is 46.0 Å². The van der Waals surface area contributed by atoms with Gasteiger partial charge in [0.05, 0.1) is 5.69 Å². The summed E-state index contributed by atoms with van der Waals surface area (Å²) >= 11 is 0. The molecule has 2 fully saturated rings. The molecule has 0 amide bonds. The summed E-state index contributed by atoms with van der Waals surface area (Å²) in [6, 6.07) is 0.587. The third-order valence-electron chi connectivity index (χ3n) is 4.98. The number of hydrogen-bond acceptors (Lipinski definition) is 4. The highest BCUT2D eigenvalue weighted by Gasteiger charge is 2.46. The molecule has 0 radical (unpaired) electrons. The summed E-state index contributed by atoms with van der Waals surface area (Å²) in [5, 5.41) is 12.1. The molecule has 1 aliphatic heterocycles. The summed E-state index contributed by atoms with van der Waals surface area (Å²) in [4.78, 5) is 2.61. The fourth-order valence-corrected chi connectivity index (χ4v) is 3.56. The summed E-state index contributed by atoms with van der Waals surface area (Å²) in [5.74, 6) is 1.52. The van der Waals surface area contributed by atoms with Crippen LogP contribution in [0.3, 0.4) is 0 Å². The maximum absolute atomic E-state index is 4.26. The lowest BCUT2D eigenvalue weighted by Gasteiger charge is -2.48. The first-order chi connectivity index (χ1) is 9.48. The zero-order valence-electron chi connectivity index (χ0n) is 13.1. The molecule has 1 saturated heterocycles. The molecule has 1 N–H and O–H groups in total. The van der Waals surface area contributed by atoms with Crippen LogP contribution in [0.4, 0.5) is 0 Å². The zero-order valence-corrected chi connectivity index (χ0v) is 13.1. The molecule has 2 heterocycles. The third-order valence-corrected chi connectivity index (χ3v) is 4.98. The van der Waals surface area contributed by atoms with Gasteiger partial charge in [-0.1, -0.05) is 19.1 Å². The highest BCUT2D eigenvalue weighted by molar-refractivity contribution is 5.06. The van der Waals surface area contributed by atoms with Gasteiger partial charge in [-0.25, -0.2) is 0 Å². The second-order valence-corrected chi connectivity index (χ2v) is 7.17. The van der Waals surface area contributed by atoms with Gasteiger partial charge in [0, 0.05) is 44.5 Å². The quantitative estimate of drug-likeness (QED) is 0.904. The molecular formula is C15H27N5. The van der Waals surface area contributed by atoms with Crippen LogP contribution in [0.2, 0.25) is 0 Å². The normalized spacial score (nSPS) is 31.9. The van der Waals surface area contributed by atoms with Crippen LogP contribution in [0.25, 0.3) is 0 Å². The Balaban J connectivity index is 1.74. The minimum Gasteiger partial charge on any atom is -0.308 e. The fraction of sp³-hybridized carbons (Fsp3) is 0.867. The number of piperazine rings is 1. The van der Waals surface area contributed by atoms with Gasteiger partial charge in [0.25, 0.3) is 0 Å². The standard InChI is InChI=1S/C15H27N5/c1-11(2)14-7-16-15(3,12-5-6-12)10-20(14)9-13-8-19(4)18-17-13/h8,11-12,14,16H,5-7,9-10H2,1-4H3. The first-order valence-electron chi connectivity index (χ1n) is 7.82. The van der Waals surface area contributed by atoms with Crippen LogP contribution in [-0.4, -0.2) is 44.6 Å². The van der Waals surface area contributed by atoms with Crippen molar-refractivity contribution in [2.75, 3.05) is 13.1 Å². The van der Waals surface area contributed by atoms with Crippen molar-refractivity contribution in [2.45, 2.75) is 51.7 Å². The van der Waals surface area contributed by atoms with Crippen molar-refractivity contribution in [3.63, 3.8) is 0 Å². The van der Waals surface area contributed by atoms with Crippen molar-refractivity contribution in [1.82, 2.24) is 25.2 Å². The third kappa shape index (κ3) is 2.74. The van der Waals surface area contributed by atoms with E-state index in [1.165, 1.54) is 12.8 Å². The lowest BCUT2D eigenvalue weighted by atomic mass is 9.88. The lowest BCUT2D eigenvalue weighted by Crippen LogP contribution is -2.64. The van der Waals surface area contributed by atoms with Crippen LogP contribution < -0.4 is 5.32 Å². The number of rotatable bonds is 4. The average Bonchev–Trinajstić information content (AvgIpc) is 3.15. The highest BCUT2D eigenvalue weighted by Crippen LogP contribution is 2.41. The highest BCUT2D eigenvalue weighted by atomic mass is 15.4. The van der Waals surface area contributed by atoms with E-state index in [0.717, 1.165) is 31.2 Å². The zero-order chi connectivity index (χ0) is 14.3. The number of aromatic nitrogens is 3. The minimum atomic E-state index is 0.285. The van der Waals surface area contributed by atoms with E-state index in [2.05, 4.69) is 41.3 Å². The smallest absolute Gasteiger partial charge is 0.0967 e. The first kappa shape index (κ1) is 14.0. The molecule has 5 nitrogen and oxygen atoms in total. The maximum atomic E-state index is 4.26. The van der Waals surface area contributed by atoms with Crippen LogP contribution in [0.1, 0.15) is 39.3 Å². The average molecular weight is 277 g/mol. The molecule has 2 atom stereocenters. The molecular weight excluding hydrogens is 250 g/mol. The van der Waals surface area contributed by atoms with Gasteiger partial charge in [0.2, 0.25) is 0 Å². The second kappa shape index (κ2) is 5.11. The largest absolute Gasteiger partial charge is 0.308 e. The number of hydrogen-bond donors (Lipinski definition) is 1. The van der Waals surface area contributed by atoms with E-state index in [1.54, 1.807) is 4.68 Å². The van der Waals surface area contributed by atoms with Crippen LogP contribution >= 0.6 is 0 Å². The van der Waals surface area contributed by atoms with E-state index in [-0.39, 0.29) is 5.54 Å². The monoisotopic (exact) mass is 277 g/mol. The van der Waals surface area contributed by atoms with Crippen LogP contribution in [0.15, 0.2) is 6.20 Å². The molecule has 2 unspecified atom stereocenters. The SMILES string of the molecule is CC(C)C1CNC(C)(C2CC2)CN1Cc1cn(C)nn1. The number of nitrogens with zero attached hydrogens (tertiary/aromatic N) is 4. The Morgan fingerprint density at radius 3 is 2.75 bits per heavy atom. The molecule has 1 saturated carbocycles. The van der Waals surface area contributed by atoms with Crippen molar-refractivity contribution in [1.29, 1.82) is 0 Å². The summed E-state index contributed by atoms with van der Waals surface area (Å²) in [7, 11) is 1.93. The van der Waals surface area contributed by atoms with Crippen LogP contribution in [0, 0.1) is 11.8 Å². The Kier molecular flexibility index (Phi) is 3.58. The number of aryl methyl sites for hydroxylation is 1. The van der Waals surface area contributed by atoms with Crippen molar-refractivity contribution in [2.24, 2.45) is 18.9 Å². The van der Waals surface area contributed by atoms with Crippen molar-refractivity contribution < 1.29 is 0 Å². The van der Waals surface area contributed by atoms with Crippen molar-refractivity contribution in [3.05, 3.63) is 11.9 Å². The Hall–Kier alpha value is -0.940. The van der Waals surface area contributed by atoms with Gasteiger partial charge >= 0.3 is 0 Å². The predicted molar refractivity (Wildman–Crippen MR) is 79.2 cm³/mol. The van der Waals surface area contributed by atoms with Gasteiger partial charge in [-0.3, -0.25) is 9.58 Å². The minimum absolute atomic E-state index is 0.285. The second-order valence-electron chi connectivity index (χ2n) is 7.17. The number of nitrogens with one attached hydrogen (secondary N) is 1. The van der Waals surface area contributed by atoms with Gasteiger partial charge < -0.3 is 5.32 Å². The van der Waals surface area contributed by atoms with Gasteiger partial charge in [-0.05, 0) is 31.6 Å². The van der Waals surface area contributed by atoms with Gasteiger partial charge in [-0.15, -0.1) is 5.10 Å². The molecule has 2 aliphatic rings. The van der Waals surface area contributed by atoms with E-state index in [1.807, 2.05) is 13.2 Å². The van der Waals surface area contributed by atoms with E-state index < -0.39 is 0 Å². The van der Waals surface area contributed by atoms with Gasteiger partial charge in [0.15, 0.2) is 0 Å². The summed E-state index contributed by atoms with van der Waals surface area (Å²) in [6.45, 7) is 10.2. The Labute approximate surface area is 121 Å². The maximum Gasteiger partial charge on any atom is 0.0967 e. The molecule has 0 spiro atoms. The molecule has 5 heteroatoms. The molecule has 112 valence electrons. The summed E-state index contributed by atoms with van der Waals surface area (Å²) < 4.78 is 1.79. The van der Waals surface area contributed by atoms with E-state index in [4.69, 9.17) is 0 Å². The molecule has 20 heavy (non-hydrogen) atoms. The van der Waals surface area contributed by atoms with Crippen LogP contribution in [-0.2, 0) is 13.6 Å². The summed E-state index contributed by atoms with van der Waals surface area (Å²) in [6.07, 6.45) is 4.80. The fourth-order valence-electron chi connectivity index (χ4n) is 3.56. The molecule has 1 aliphatic carbocycles. The van der Waals surface area contributed by atoms with Gasteiger partial charge in [0.1, 0.15) is 0 Å². The van der Waals surface area contributed by atoms with Crippen LogP contribution in [0.5, 0.6) is 0 Å². The Morgan fingerprint density at radius 1 is 1.45 bits per heavy atom. The summed E-state index contributed by atoms with van der Waals surface area (Å²) in [5.41, 5.74) is 1.37. The van der Waals surface area contributed by atoms with Crippen molar-refractivity contribution in [3.8, 4) is 0 Å². The Morgan fingerprint density at radius 2 is 2.20 bits per heavy atom. The van der Waals surface area contributed by atoms with Crippen molar-refractivity contribution >= 4 is 0 Å². The lowest BCUT2D eigenvalue weighted by molar-refractivity contribution is 0.0453. The first-order valence-corrected chi connectivity index (χ1v) is 7.82. The molecule has 0 bridgehead atoms. The molecule has 0 aromatic carbocycles. The van der Waals surface area contributed by atoms with E-state index in [9.17, 15) is 0 Å². The molecule has 1 aromatic heterocycles. The Bertz CT molecular complexity index is 465. The predicted octanol–water partition coefficient (Wildman–Crippen LogP) is 1.41.